The normalized spacial score (nSPS) is 34.9. The summed E-state index contributed by atoms with van der Waals surface area (Å²) >= 11 is 0. The van der Waals surface area contributed by atoms with Crippen molar-refractivity contribution in [1.82, 2.24) is 0 Å². The van der Waals surface area contributed by atoms with E-state index < -0.39 is 8.07 Å². The monoisotopic (exact) mass is 653 g/mol. The Morgan fingerprint density at radius 3 is 1.15 bits per heavy atom. The van der Waals surface area contributed by atoms with Crippen molar-refractivity contribution in [3.8, 4) is 0 Å². The first-order chi connectivity index (χ1) is 22.0. The molecular formula is C46H72Si. The van der Waals surface area contributed by atoms with Gasteiger partial charge in [-0.25, -0.2) is 0 Å². The largest absolute Gasteiger partial charge is 0.0689 e. The quantitative estimate of drug-likeness (QED) is 0.272. The summed E-state index contributed by atoms with van der Waals surface area (Å²) in [6, 6.07) is 20.0. The Labute approximate surface area is 292 Å². The fraction of sp³-hybridized carbons (Fsp3) is 0.739. The minimum atomic E-state index is -1.63. The SMILES string of the molecule is CC(C)C1CC2C(c3ccc(C(C)(C)C)cc3)CCCC2C1[Si](C)(C)C1C(C(C)C)CC2C(c3ccc(C(C)(C)C)cc3)CCCC21. The molecule has 4 fully saturated rings. The molecule has 47 heavy (non-hydrogen) atoms. The van der Waals surface area contributed by atoms with Crippen molar-refractivity contribution in [2.45, 2.75) is 167 Å². The first-order valence-corrected chi connectivity index (χ1v) is 23.4. The van der Waals surface area contributed by atoms with E-state index in [-0.39, 0.29) is 10.8 Å². The van der Waals surface area contributed by atoms with Crippen LogP contribution in [0, 0.1) is 47.3 Å². The van der Waals surface area contributed by atoms with Crippen molar-refractivity contribution >= 4 is 8.07 Å². The summed E-state index contributed by atoms with van der Waals surface area (Å²) in [7, 11) is -1.63. The van der Waals surface area contributed by atoms with Gasteiger partial charge in [-0.15, -0.1) is 0 Å². The van der Waals surface area contributed by atoms with Gasteiger partial charge in [-0.05, 0) is 129 Å². The van der Waals surface area contributed by atoms with E-state index in [1.54, 1.807) is 11.1 Å². The molecule has 6 rings (SSSR count). The highest BCUT2D eigenvalue weighted by Crippen LogP contribution is 2.69. The molecule has 260 valence electrons. The fourth-order valence-corrected chi connectivity index (χ4v) is 19.5. The standard InChI is InChI=1S/C46H72Si/c1-29(2)39-27-41-35(31-19-23-33(24-20-31)45(5,6)7)15-13-17-37(41)43(39)47(11,12)44-38-18-14-16-36(42(38)28-40(44)30(3)4)32-21-25-34(26-22-32)46(8,9)10/h19-26,29-30,35-44H,13-18,27-28H2,1-12H3. The lowest BCUT2D eigenvalue weighted by molar-refractivity contribution is 0.226. The minimum Gasteiger partial charge on any atom is -0.0689 e. The van der Waals surface area contributed by atoms with Crippen LogP contribution in [-0.4, -0.2) is 8.07 Å². The third-order valence-electron chi connectivity index (χ3n) is 15.0. The molecule has 0 bridgehead atoms. The summed E-state index contributed by atoms with van der Waals surface area (Å²) in [4.78, 5) is 0. The highest BCUT2D eigenvalue weighted by molar-refractivity contribution is 6.80. The highest BCUT2D eigenvalue weighted by atomic mass is 28.3. The molecule has 0 heterocycles. The van der Waals surface area contributed by atoms with E-state index >= 15 is 0 Å². The Kier molecular flexibility index (Phi) is 9.88. The molecule has 1 heteroatoms. The van der Waals surface area contributed by atoms with Gasteiger partial charge in [-0.3, -0.25) is 0 Å². The molecule has 0 aliphatic heterocycles. The van der Waals surface area contributed by atoms with Gasteiger partial charge in [-0.2, -0.15) is 0 Å². The lowest BCUT2D eigenvalue weighted by Crippen LogP contribution is -2.48. The summed E-state index contributed by atoms with van der Waals surface area (Å²) in [5.74, 6) is 8.65. The van der Waals surface area contributed by atoms with Gasteiger partial charge >= 0.3 is 0 Å². The number of benzene rings is 2. The van der Waals surface area contributed by atoms with Crippen LogP contribution in [0.15, 0.2) is 48.5 Å². The molecule has 4 aliphatic carbocycles. The fourth-order valence-electron chi connectivity index (χ4n) is 12.8. The van der Waals surface area contributed by atoms with E-state index in [4.69, 9.17) is 0 Å². The van der Waals surface area contributed by atoms with Gasteiger partial charge in [0.1, 0.15) is 0 Å². The molecule has 4 saturated carbocycles. The topological polar surface area (TPSA) is 0 Å². The average molecular weight is 653 g/mol. The molecule has 0 amide bonds. The third-order valence-corrected chi connectivity index (χ3v) is 20.2. The number of hydrogen-bond acceptors (Lipinski definition) is 0. The van der Waals surface area contributed by atoms with E-state index in [1.165, 1.54) is 62.5 Å². The van der Waals surface area contributed by atoms with Gasteiger partial charge in [0.05, 0.1) is 8.07 Å². The van der Waals surface area contributed by atoms with E-state index in [9.17, 15) is 0 Å². The molecule has 2 aromatic rings. The zero-order valence-electron chi connectivity index (χ0n) is 32.7. The van der Waals surface area contributed by atoms with Crippen LogP contribution in [0.2, 0.25) is 24.2 Å². The molecule has 0 spiro atoms. The van der Waals surface area contributed by atoms with E-state index in [0.717, 1.165) is 70.3 Å². The maximum Gasteiger partial charge on any atom is 0.0547 e. The van der Waals surface area contributed by atoms with Gasteiger partial charge in [0, 0.05) is 0 Å². The summed E-state index contributed by atoms with van der Waals surface area (Å²) in [6.07, 6.45) is 11.7. The van der Waals surface area contributed by atoms with Crippen molar-refractivity contribution in [3.63, 3.8) is 0 Å². The van der Waals surface area contributed by atoms with E-state index in [2.05, 4.69) is 131 Å². The third kappa shape index (κ3) is 6.64. The van der Waals surface area contributed by atoms with Gasteiger partial charge in [0.25, 0.3) is 0 Å². The summed E-state index contributed by atoms with van der Waals surface area (Å²) in [5.41, 5.74) is 8.71. The van der Waals surface area contributed by atoms with Crippen LogP contribution in [0.25, 0.3) is 0 Å². The summed E-state index contributed by atoms with van der Waals surface area (Å²) < 4.78 is 0. The number of hydrogen-bond donors (Lipinski definition) is 0. The smallest absolute Gasteiger partial charge is 0.0547 e. The predicted octanol–water partition coefficient (Wildman–Crippen LogP) is 13.8. The first kappa shape index (κ1) is 35.5. The maximum atomic E-state index is 2.95. The molecule has 0 nitrogen and oxygen atoms in total. The Morgan fingerprint density at radius 2 is 0.851 bits per heavy atom. The average Bonchev–Trinajstić information content (AvgIpc) is 3.61. The summed E-state index contributed by atoms with van der Waals surface area (Å²) in [5, 5.41) is 0. The molecule has 10 unspecified atom stereocenters. The van der Waals surface area contributed by atoms with Gasteiger partial charge in [0.15, 0.2) is 0 Å². The van der Waals surface area contributed by atoms with Crippen LogP contribution >= 0.6 is 0 Å². The second kappa shape index (κ2) is 13.1. The predicted molar refractivity (Wildman–Crippen MR) is 208 cm³/mol. The second-order valence-corrected chi connectivity index (χ2v) is 25.6. The van der Waals surface area contributed by atoms with Gasteiger partial charge in [0.2, 0.25) is 0 Å². The van der Waals surface area contributed by atoms with E-state index in [0.29, 0.717) is 0 Å². The Morgan fingerprint density at radius 1 is 0.511 bits per heavy atom. The molecule has 0 aromatic heterocycles. The molecule has 10 atom stereocenters. The zero-order valence-corrected chi connectivity index (χ0v) is 33.7. The molecule has 0 saturated heterocycles. The Bertz CT molecular complexity index is 1230. The minimum absolute atomic E-state index is 0.227. The van der Waals surface area contributed by atoms with Crippen LogP contribution in [0.5, 0.6) is 0 Å². The second-order valence-electron chi connectivity index (χ2n) is 20.6. The van der Waals surface area contributed by atoms with Crippen molar-refractivity contribution < 1.29 is 0 Å². The lowest BCUT2D eigenvalue weighted by Gasteiger charge is -2.50. The van der Waals surface area contributed by atoms with E-state index in [1.807, 2.05) is 0 Å². The Hall–Kier alpha value is -1.34. The van der Waals surface area contributed by atoms with Crippen LogP contribution in [-0.2, 0) is 10.8 Å². The van der Waals surface area contributed by atoms with Gasteiger partial charge < -0.3 is 0 Å². The van der Waals surface area contributed by atoms with Crippen molar-refractivity contribution in [2.75, 3.05) is 0 Å². The first-order valence-electron chi connectivity index (χ1n) is 20.2. The molecule has 4 aliphatic rings. The van der Waals surface area contributed by atoms with Crippen molar-refractivity contribution in [1.29, 1.82) is 0 Å². The maximum absolute atomic E-state index is 2.95. The number of rotatable bonds is 6. The Balaban J connectivity index is 1.31. The van der Waals surface area contributed by atoms with Crippen molar-refractivity contribution in [2.24, 2.45) is 47.3 Å². The molecular weight excluding hydrogens is 581 g/mol. The van der Waals surface area contributed by atoms with Gasteiger partial charge in [-0.1, -0.05) is 157 Å². The van der Waals surface area contributed by atoms with Crippen LogP contribution in [0.1, 0.15) is 155 Å². The van der Waals surface area contributed by atoms with Crippen LogP contribution < -0.4 is 0 Å². The van der Waals surface area contributed by atoms with Crippen LogP contribution in [0.4, 0.5) is 0 Å². The summed E-state index contributed by atoms with van der Waals surface area (Å²) in [6.45, 7) is 30.4. The van der Waals surface area contributed by atoms with Crippen molar-refractivity contribution in [3.05, 3.63) is 70.8 Å². The molecule has 2 aromatic carbocycles. The number of fused-ring (bicyclic) bond motifs is 2. The zero-order chi connectivity index (χ0) is 34.1. The molecule has 0 N–H and O–H groups in total. The highest BCUT2D eigenvalue weighted by Gasteiger charge is 2.61. The van der Waals surface area contributed by atoms with Crippen LogP contribution in [0.3, 0.4) is 0 Å². The molecule has 0 radical (unpaired) electrons. The lowest BCUT2D eigenvalue weighted by atomic mass is 9.70.